The first-order valence-corrected chi connectivity index (χ1v) is 8.43. The van der Waals surface area contributed by atoms with Crippen LogP contribution in [0.3, 0.4) is 0 Å². The monoisotopic (exact) mass is 310 g/mol. The maximum atomic E-state index is 6.63. The van der Waals surface area contributed by atoms with Crippen molar-refractivity contribution in [3.05, 3.63) is 34.9 Å². The molecule has 3 aromatic rings. The Bertz CT molecular complexity index is 803. The summed E-state index contributed by atoms with van der Waals surface area (Å²) in [5.74, 6) is 0. The molecule has 3 heterocycles. The molecule has 0 aliphatic rings. The molecule has 3 aromatic heterocycles. The van der Waals surface area contributed by atoms with Crippen LogP contribution in [0.2, 0.25) is 0 Å². The molecule has 0 saturated heterocycles. The van der Waals surface area contributed by atoms with Crippen LogP contribution in [0.1, 0.15) is 43.8 Å². The van der Waals surface area contributed by atoms with E-state index in [1.165, 1.54) is 0 Å². The summed E-state index contributed by atoms with van der Waals surface area (Å²) in [6.07, 6.45) is 3.58. The smallest absolute Gasteiger partial charge is 0.164 e. The van der Waals surface area contributed by atoms with Gasteiger partial charge in [0.1, 0.15) is 0 Å². The van der Waals surface area contributed by atoms with Gasteiger partial charge in [0, 0.05) is 17.6 Å². The van der Waals surface area contributed by atoms with E-state index in [1.54, 1.807) is 11.3 Å². The van der Waals surface area contributed by atoms with Crippen molar-refractivity contribution in [2.45, 2.75) is 45.9 Å². The van der Waals surface area contributed by atoms with Crippen molar-refractivity contribution in [3.63, 3.8) is 0 Å². The van der Waals surface area contributed by atoms with E-state index in [1.807, 2.05) is 30.1 Å². The molecule has 0 N–H and O–H groups in total. The van der Waals surface area contributed by atoms with Gasteiger partial charge < -0.3 is 0 Å². The highest BCUT2D eigenvalue weighted by atomic mass is 32.1. The van der Waals surface area contributed by atoms with Crippen LogP contribution in [0.4, 0.5) is 0 Å². The Morgan fingerprint density at radius 3 is 2.59 bits per heavy atom. The van der Waals surface area contributed by atoms with Crippen molar-refractivity contribution >= 4 is 24.8 Å². The third-order valence-electron chi connectivity index (χ3n) is 4.34. The predicted octanol–water partition coefficient (Wildman–Crippen LogP) is 3.65. The fourth-order valence-corrected chi connectivity index (χ4v) is 3.55. The zero-order valence-electron chi connectivity index (χ0n) is 13.4. The van der Waals surface area contributed by atoms with E-state index in [9.17, 15) is 0 Å². The fourth-order valence-electron chi connectivity index (χ4n) is 2.84. The summed E-state index contributed by atoms with van der Waals surface area (Å²) in [4.78, 5) is 9.99. The average molecular weight is 310 g/mol. The minimum absolute atomic E-state index is 0.393. The molecule has 0 atom stereocenters. The average Bonchev–Trinajstić information content (AvgIpc) is 3.12. The molecule has 0 aliphatic carbocycles. The highest BCUT2D eigenvalue weighted by Crippen LogP contribution is 2.34. The Hall–Kier alpha value is -1.69. The molecule has 4 nitrogen and oxygen atoms in total. The zero-order valence-corrected chi connectivity index (χ0v) is 14.2. The Morgan fingerprint density at radius 2 is 2.00 bits per heavy atom. The third kappa shape index (κ3) is 2.26. The van der Waals surface area contributed by atoms with E-state index < -0.39 is 5.31 Å². The SMILES string of the molecule is [B]C(CC)(CC)c1cc(C)nc2c(-c3cncs3)c(C)nn12. The fraction of sp³-hybridized carbons (Fsp3) is 0.438. The van der Waals surface area contributed by atoms with Crippen molar-refractivity contribution in [1.82, 2.24) is 19.6 Å². The van der Waals surface area contributed by atoms with Crippen LogP contribution in [0.15, 0.2) is 17.8 Å². The minimum atomic E-state index is -0.393. The summed E-state index contributed by atoms with van der Waals surface area (Å²) >= 11 is 1.60. The van der Waals surface area contributed by atoms with Gasteiger partial charge in [-0.1, -0.05) is 26.7 Å². The van der Waals surface area contributed by atoms with E-state index >= 15 is 0 Å². The van der Waals surface area contributed by atoms with Crippen molar-refractivity contribution in [1.29, 1.82) is 0 Å². The van der Waals surface area contributed by atoms with Crippen LogP contribution in [0.5, 0.6) is 0 Å². The molecule has 0 aromatic carbocycles. The summed E-state index contributed by atoms with van der Waals surface area (Å²) < 4.78 is 1.92. The second-order valence-electron chi connectivity index (χ2n) is 5.71. The first kappa shape index (κ1) is 15.2. The Labute approximate surface area is 136 Å². The number of thiazole rings is 1. The number of aryl methyl sites for hydroxylation is 2. The summed E-state index contributed by atoms with van der Waals surface area (Å²) in [6, 6.07) is 2.06. The summed E-state index contributed by atoms with van der Waals surface area (Å²) in [5.41, 5.74) is 6.71. The van der Waals surface area contributed by atoms with Gasteiger partial charge in [-0.15, -0.1) is 11.3 Å². The van der Waals surface area contributed by atoms with Crippen LogP contribution in [-0.4, -0.2) is 27.4 Å². The van der Waals surface area contributed by atoms with E-state index in [0.29, 0.717) is 0 Å². The molecule has 0 bridgehead atoms. The van der Waals surface area contributed by atoms with Crippen LogP contribution in [0.25, 0.3) is 16.1 Å². The zero-order chi connectivity index (χ0) is 15.9. The van der Waals surface area contributed by atoms with E-state index in [2.05, 4.69) is 24.9 Å². The highest BCUT2D eigenvalue weighted by molar-refractivity contribution is 7.13. The maximum absolute atomic E-state index is 6.63. The van der Waals surface area contributed by atoms with E-state index in [-0.39, 0.29) is 0 Å². The Morgan fingerprint density at radius 1 is 1.27 bits per heavy atom. The molecule has 0 aliphatic heterocycles. The first-order chi connectivity index (χ1) is 10.5. The normalized spacial score (nSPS) is 12.2. The number of hydrogen-bond acceptors (Lipinski definition) is 4. The van der Waals surface area contributed by atoms with Crippen molar-refractivity contribution in [2.24, 2.45) is 0 Å². The van der Waals surface area contributed by atoms with Crippen LogP contribution in [-0.2, 0) is 5.31 Å². The third-order valence-corrected chi connectivity index (χ3v) is 5.13. The summed E-state index contributed by atoms with van der Waals surface area (Å²) in [5, 5.41) is 4.33. The maximum Gasteiger partial charge on any atom is 0.164 e. The van der Waals surface area contributed by atoms with Gasteiger partial charge in [-0.3, -0.25) is 4.98 Å². The molecule has 22 heavy (non-hydrogen) atoms. The Kier molecular flexibility index (Phi) is 3.81. The number of hydrogen-bond donors (Lipinski definition) is 0. The van der Waals surface area contributed by atoms with Crippen LogP contribution in [0, 0.1) is 13.8 Å². The number of aromatic nitrogens is 4. The van der Waals surface area contributed by atoms with Gasteiger partial charge in [0.25, 0.3) is 0 Å². The molecule has 2 radical (unpaired) electrons. The van der Waals surface area contributed by atoms with E-state index in [4.69, 9.17) is 17.9 Å². The van der Waals surface area contributed by atoms with Gasteiger partial charge in [0.2, 0.25) is 0 Å². The van der Waals surface area contributed by atoms with Gasteiger partial charge in [0.05, 0.1) is 29.5 Å². The van der Waals surface area contributed by atoms with Crippen molar-refractivity contribution in [2.75, 3.05) is 0 Å². The van der Waals surface area contributed by atoms with Crippen molar-refractivity contribution in [3.8, 4) is 10.4 Å². The predicted molar refractivity (Wildman–Crippen MR) is 91.6 cm³/mol. The summed E-state index contributed by atoms with van der Waals surface area (Å²) in [7, 11) is 6.63. The van der Waals surface area contributed by atoms with Crippen molar-refractivity contribution < 1.29 is 0 Å². The second-order valence-corrected chi connectivity index (χ2v) is 6.59. The molecular weight excluding hydrogens is 291 g/mol. The molecular formula is C16H19BN4S. The molecule has 0 fully saturated rings. The second kappa shape index (κ2) is 5.50. The summed E-state index contributed by atoms with van der Waals surface area (Å²) in [6.45, 7) is 8.25. The number of fused-ring (bicyclic) bond motifs is 1. The minimum Gasteiger partial charge on any atom is -0.252 e. The molecule has 112 valence electrons. The highest BCUT2D eigenvalue weighted by Gasteiger charge is 2.27. The molecule has 6 heteroatoms. The van der Waals surface area contributed by atoms with Gasteiger partial charge in [-0.05, 0) is 25.2 Å². The molecule has 0 saturated carbocycles. The lowest BCUT2D eigenvalue weighted by Crippen LogP contribution is -2.28. The molecule has 0 spiro atoms. The quantitative estimate of drug-likeness (QED) is 0.691. The standard InChI is InChI=1S/C16H19BN4S/c1-5-16(17,6-2)13-7-10(3)19-15-14(11(4)20-21(13)15)12-8-18-9-22-12/h7-9H,5-6H2,1-4H3. The molecule has 0 amide bonds. The largest absolute Gasteiger partial charge is 0.252 e. The molecule has 0 unspecified atom stereocenters. The van der Waals surface area contributed by atoms with Crippen LogP contribution >= 0.6 is 11.3 Å². The molecule has 3 rings (SSSR count). The van der Waals surface area contributed by atoms with Gasteiger partial charge in [0.15, 0.2) is 5.65 Å². The Balaban J connectivity index is 2.36. The topological polar surface area (TPSA) is 43.1 Å². The van der Waals surface area contributed by atoms with Gasteiger partial charge in [-0.25, -0.2) is 9.50 Å². The van der Waals surface area contributed by atoms with Crippen LogP contribution < -0.4 is 0 Å². The lowest BCUT2D eigenvalue weighted by atomic mass is 9.62. The van der Waals surface area contributed by atoms with Gasteiger partial charge in [-0.2, -0.15) is 5.10 Å². The van der Waals surface area contributed by atoms with Gasteiger partial charge >= 0.3 is 0 Å². The van der Waals surface area contributed by atoms with E-state index in [0.717, 1.165) is 46.0 Å². The number of nitrogens with zero attached hydrogens (tertiary/aromatic N) is 4. The number of rotatable bonds is 4. The first-order valence-electron chi connectivity index (χ1n) is 7.55. The lowest BCUT2D eigenvalue weighted by molar-refractivity contribution is 0.530. The lowest BCUT2D eigenvalue weighted by Gasteiger charge is -2.28.